The van der Waals surface area contributed by atoms with Gasteiger partial charge in [-0.1, -0.05) is 12.1 Å². The van der Waals surface area contributed by atoms with Gasteiger partial charge >= 0.3 is 0 Å². The zero-order valence-electron chi connectivity index (χ0n) is 12.5. The molecule has 0 aliphatic carbocycles. The predicted molar refractivity (Wildman–Crippen MR) is 85.6 cm³/mol. The van der Waals surface area contributed by atoms with Crippen molar-refractivity contribution in [1.82, 2.24) is 4.98 Å². The van der Waals surface area contributed by atoms with Crippen molar-refractivity contribution in [3.05, 3.63) is 53.5 Å². The Balaban J connectivity index is 2.08. The number of benzene rings is 1. The number of hydrogen-bond acceptors (Lipinski definition) is 6. The molecule has 0 atom stereocenters. The van der Waals surface area contributed by atoms with Gasteiger partial charge in [-0.15, -0.1) is 0 Å². The van der Waals surface area contributed by atoms with Crippen molar-refractivity contribution in [2.75, 3.05) is 10.7 Å². The monoisotopic (exact) mass is 322 g/mol. The van der Waals surface area contributed by atoms with Crippen LogP contribution in [0.2, 0.25) is 0 Å². The number of aryl methyl sites for hydroxylation is 1. The highest BCUT2D eigenvalue weighted by atomic mass is 19.1. The zero-order chi connectivity index (χ0) is 17.5. The van der Waals surface area contributed by atoms with Gasteiger partial charge in [-0.3, -0.25) is 10.2 Å². The second-order valence-electron chi connectivity index (χ2n) is 4.62. The Morgan fingerprint density at radius 3 is 2.62 bits per heavy atom. The minimum Gasteiger partial charge on any atom is -0.306 e. The van der Waals surface area contributed by atoms with Crippen molar-refractivity contribution < 1.29 is 9.18 Å². The van der Waals surface area contributed by atoms with Gasteiger partial charge in [0.1, 0.15) is 23.8 Å². The Morgan fingerprint density at radius 2 is 2.00 bits per heavy atom. The fourth-order valence-corrected chi connectivity index (χ4v) is 1.74. The van der Waals surface area contributed by atoms with Crippen LogP contribution in [0.25, 0.3) is 0 Å². The van der Waals surface area contributed by atoms with E-state index in [4.69, 9.17) is 10.5 Å². The lowest BCUT2D eigenvalue weighted by molar-refractivity contribution is 0.102. The summed E-state index contributed by atoms with van der Waals surface area (Å²) in [6.45, 7) is 1.57. The zero-order valence-corrected chi connectivity index (χ0v) is 12.5. The molecule has 2 N–H and O–H groups in total. The van der Waals surface area contributed by atoms with Crippen LogP contribution in [0, 0.1) is 35.4 Å². The molecule has 118 valence electrons. The number of hydrogen-bond donors (Lipinski definition) is 2. The van der Waals surface area contributed by atoms with Crippen molar-refractivity contribution in [2.45, 2.75) is 6.92 Å². The maximum atomic E-state index is 13.9. The number of carbonyl (C=O) groups excluding carboxylic acids is 1. The second-order valence-corrected chi connectivity index (χ2v) is 4.62. The normalized spacial score (nSPS) is 9.33. The lowest BCUT2D eigenvalue weighted by Gasteiger charge is -2.07. The van der Waals surface area contributed by atoms with Crippen LogP contribution in [0.3, 0.4) is 0 Å². The first-order valence-corrected chi connectivity index (χ1v) is 6.71. The Hall–Kier alpha value is -3.78. The van der Waals surface area contributed by atoms with Crippen LogP contribution >= 0.6 is 0 Å². The molecule has 24 heavy (non-hydrogen) atoms. The molecule has 1 aromatic heterocycles. The molecular weight excluding hydrogens is 311 g/mol. The summed E-state index contributed by atoms with van der Waals surface area (Å²) in [4.78, 5) is 16.0. The first-order valence-electron chi connectivity index (χ1n) is 6.71. The fourth-order valence-electron chi connectivity index (χ4n) is 1.74. The highest BCUT2D eigenvalue weighted by Crippen LogP contribution is 2.15. The molecule has 1 amide bonds. The van der Waals surface area contributed by atoms with E-state index in [9.17, 15) is 9.18 Å². The Morgan fingerprint density at radius 1 is 1.25 bits per heavy atom. The van der Waals surface area contributed by atoms with Crippen LogP contribution in [-0.2, 0) is 0 Å². The van der Waals surface area contributed by atoms with E-state index in [0.717, 1.165) is 0 Å². The van der Waals surface area contributed by atoms with Crippen LogP contribution in [-0.4, -0.2) is 16.6 Å². The molecule has 0 aliphatic rings. The smallest absolute Gasteiger partial charge is 0.259 e. The summed E-state index contributed by atoms with van der Waals surface area (Å²) in [5.41, 5.74) is 2.87. The van der Waals surface area contributed by atoms with E-state index < -0.39 is 11.7 Å². The van der Waals surface area contributed by atoms with E-state index in [1.807, 2.05) is 0 Å². The van der Waals surface area contributed by atoms with Gasteiger partial charge in [0.25, 0.3) is 5.91 Å². The molecule has 0 fully saturated rings. The third-order valence-corrected chi connectivity index (χ3v) is 2.95. The van der Waals surface area contributed by atoms with Crippen molar-refractivity contribution >= 4 is 23.1 Å². The molecule has 0 radical (unpaired) electrons. The highest BCUT2D eigenvalue weighted by molar-refractivity contribution is 6.10. The first-order chi connectivity index (χ1) is 11.5. The van der Waals surface area contributed by atoms with Gasteiger partial charge in [0.05, 0.1) is 17.4 Å². The van der Waals surface area contributed by atoms with Gasteiger partial charge in [0.15, 0.2) is 0 Å². The van der Waals surface area contributed by atoms with Gasteiger partial charge in [-0.05, 0) is 30.7 Å². The number of rotatable bonds is 4. The Labute approximate surface area is 137 Å². The minimum atomic E-state index is -0.612. The number of pyridine rings is 1. The van der Waals surface area contributed by atoms with Gasteiger partial charge in [0, 0.05) is 0 Å². The third kappa shape index (κ3) is 3.90. The minimum absolute atomic E-state index is 0.0729. The van der Waals surface area contributed by atoms with Crippen LogP contribution < -0.4 is 10.7 Å². The van der Waals surface area contributed by atoms with E-state index >= 15 is 0 Å². The summed E-state index contributed by atoms with van der Waals surface area (Å²) < 4.78 is 13.9. The number of amides is 1. The number of nitrogens with zero attached hydrogens (tertiary/aromatic N) is 4. The number of anilines is 2. The fraction of sp³-hybridized carbons (Fsp3) is 0.0625. The average Bonchev–Trinajstić information content (AvgIpc) is 2.59. The third-order valence-electron chi connectivity index (χ3n) is 2.95. The topological polar surface area (TPSA) is 114 Å². The number of nitriles is 2. The standard InChI is InChI=1S/C16H11FN6O/c1-10-3-2-4-13(15(10)17)16(24)21-14-6-5-11(9-20-14)22-23-12(7-18)8-19/h2-6,9,22H,1H3,(H,20,21,24). The lowest BCUT2D eigenvalue weighted by Crippen LogP contribution is -2.15. The second kappa shape index (κ2) is 7.47. The Bertz CT molecular complexity index is 861. The largest absolute Gasteiger partial charge is 0.306 e. The molecule has 2 aromatic rings. The van der Waals surface area contributed by atoms with Gasteiger partial charge in [-0.2, -0.15) is 15.6 Å². The highest BCUT2D eigenvalue weighted by Gasteiger charge is 2.13. The van der Waals surface area contributed by atoms with Crippen molar-refractivity contribution in [3.63, 3.8) is 0 Å². The number of aromatic nitrogens is 1. The van der Waals surface area contributed by atoms with Crippen LogP contribution in [0.1, 0.15) is 15.9 Å². The molecule has 0 saturated carbocycles. The molecule has 0 saturated heterocycles. The molecule has 2 rings (SSSR count). The number of hydrazone groups is 1. The van der Waals surface area contributed by atoms with E-state index in [-0.39, 0.29) is 17.1 Å². The quantitative estimate of drug-likeness (QED) is 0.663. The molecule has 0 unspecified atom stereocenters. The average molecular weight is 322 g/mol. The van der Waals surface area contributed by atoms with E-state index in [0.29, 0.717) is 11.3 Å². The van der Waals surface area contributed by atoms with Crippen LogP contribution in [0.4, 0.5) is 15.9 Å². The van der Waals surface area contributed by atoms with E-state index in [2.05, 4.69) is 20.8 Å². The SMILES string of the molecule is Cc1cccc(C(=O)Nc2ccc(NN=C(C#N)C#N)cn2)c1F. The molecule has 7 nitrogen and oxygen atoms in total. The van der Waals surface area contributed by atoms with E-state index in [1.54, 1.807) is 31.2 Å². The van der Waals surface area contributed by atoms with Gasteiger partial charge in [0.2, 0.25) is 5.71 Å². The van der Waals surface area contributed by atoms with Crippen LogP contribution in [0.15, 0.2) is 41.6 Å². The molecule has 8 heteroatoms. The van der Waals surface area contributed by atoms with Crippen molar-refractivity contribution in [2.24, 2.45) is 5.10 Å². The summed E-state index contributed by atoms with van der Waals surface area (Å²) in [7, 11) is 0. The molecular formula is C16H11FN6O. The molecule has 1 heterocycles. The summed E-state index contributed by atoms with van der Waals surface area (Å²) >= 11 is 0. The summed E-state index contributed by atoms with van der Waals surface area (Å²) in [5.74, 6) is -0.974. The van der Waals surface area contributed by atoms with Crippen molar-refractivity contribution in [3.8, 4) is 12.1 Å². The number of nitrogens with one attached hydrogen (secondary N) is 2. The summed E-state index contributed by atoms with van der Waals surface area (Å²) in [6, 6.07) is 10.8. The maximum Gasteiger partial charge on any atom is 0.259 e. The van der Waals surface area contributed by atoms with Crippen molar-refractivity contribution in [1.29, 1.82) is 10.5 Å². The van der Waals surface area contributed by atoms with Gasteiger partial charge in [-0.25, -0.2) is 9.37 Å². The van der Waals surface area contributed by atoms with Gasteiger partial charge < -0.3 is 5.32 Å². The Kier molecular flexibility index (Phi) is 5.17. The first kappa shape index (κ1) is 16.6. The lowest BCUT2D eigenvalue weighted by atomic mass is 10.1. The predicted octanol–water partition coefficient (Wildman–Crippen LogP) is 2.60. The number of halogens is 1. The maximum absolute atomic E-state index is 13.9. The molecule has 1 aromatic carbocycles. The molecule has 0 bridgehead atoms. The number of carbonyl (C=O) groups is 1. The van der Waals surface area contributed by atoms with Crippen LogP contribution in [0.5, 0.6) is 0 Å². The summed E-state index contributed by atoms with van der Waals surface area (Å²) in [5, 5.41) is 23.2. The summed E-state index contributed by atoms with van der Waals surface area (Å²) in [6.07, 6.45) is 1.35. The molecule has 0 spiro atoms. The molecule has 0 aliphatic heterocycles. The van der Waals surface area contributed by atoms with E-state index in [1.165, 1.54) is 24.4 Å².